The number of amides is 1. The van der Waals surface area contributed by atoms with Gasteiger partial charge < -0.3 is 10.2 Å². The average molecular weight is 333 g/mol. The van der Waals surface area contributed by atoms with Crippen LogP contribution >= 0.6 is 11.3 Å². The van der Waals surface area contributed by atoms with Crippen molar-refractivity contribution in [1.82, 2.24) is 9.88 Å². The zero-order chi connectivity index (χ0) is 15.7. The summed E-state index contributed by atoms with van der Waals surface area (Å²) in [6, 6.07) is -0.0161. The van der Waals surface area contributed by atoms with Crippen LogP contribution in [-0.4, -0.2) is 34.9 Å². The maximum Gasteiger partial charge on any atom is 0.427 e. The molecule has 22 heavy (non-hydrogen) atoms. The predicted molar refractivity (Wildman–Crippen MR) is 77.7 cm³/mol. The molecule has 0 aromatic carbocycles. The Hall–Kier alpha value is -1.31. The van der Waals surface area contributed by atoms with E-state index in [4.69, 9.17) is 0 Å². The van der Waals surface area contributed by atoms with E-state index >= 15 is 0 Å². The first kappa shape index (κ1) is 15.6. The van der Waals surface area contributed by atoms with Gasteiger partial charge in [-0.3, -0.25) is 4.79 Å². The summed E-state index contributed by atoms with van der Waals surface area (Å²) in [5.74, 6) is 0.354. The van der Waals surface area contributed by atoms with Gasteiger partial charge in [0.15, 0.2) is 5.13 Å². The van der Waals surface area contributed by atoms with Gasteiger partial charge in [-0.15, -0.1) is 0 Å². The molecule has 4 nitrogen and oxygen atoms in total. The van der Waals surface area contributed by atoms with Crippen molar-refractivity contribution < 1.29 is 18.0 Å². The summed E-state index contributed by atoms with van der Waals surface area (Å²) < 4.78 is 37.6. The Kier molecular flexibility index (Phi) is 4.29. The third kappa shape index (κ3) is 3.37. The number of carbonyl (C=O) groups is 1. The molecule has 1 saturated carbocycles. The van der Waals surface area contributed by atoms with Gasteiger partial charge in [0.05, 0.1) is 6.20 Å². The maximum atomic E-state index is 12.5. The van der Waals surface area contributed by atoms with Crippen molar-refractivity contribution in [2.75, 3.05) is 18.4 Å². The molecule has 0 unspecified atom stereocenters. The lowest BCUT2D eigenvalue weighted by molar-refractivity contribution is -0.135. The van der Waals surface area contributed by atoms with E-state index in [0.29, 0.717) is 24.4 Å². The van der Waals surface area contributed by atoms with Crippen LogP contribution in [0.4, 0.5) is 18.3 Å². The van der Waals surface area contributed by atoms with Gasteiger partial charge >= 0.3 is 6.18 Å². The number of rotatable bonds is 3. The normalized spacial score (nSPS) is 23.2. The van der Waals surface area contributed by atoms with Gasteiger partial charge in [-0.05, 0) is 19.3 Å². The van der Waals surface area contributed by atoms with Crippen LogP contribution in [0, 0.1) is 5.92 Å². The second-order valence-electron chi connectivity index (χ2n) is 5.92. The van der Waals surface area contributed by atoms with E-state index in [1.165, 1.54) is 0 Å². The number of hydrogen-bond acceptors (Lipinski definition) is 4. The van der Waals surface area contributed by atoms with Crippen LogP contribution in [0.1, 0.15) is 37.0 Å². The average Bonchev–Trinajstić information content (AvgIpc) is 3.19. The molecule has 1 N–H and O–H groups in total. The van der Waals surface area contributed by atoms with Gasteiger partial charge in [0, 0.05) is 25.0 Å². The molecule has 8 heteroatoms. The highest BCUT2D eigenvalue weighted by molar-refractivity contribution is 7.15. The van der Waals surface area contributed by atoms with E-state index in [1.807, 2.05) is 4.90 Å². The Morgan fingerprint density at radius 1 is 1.32 bits per heavy atom. The van der Waals surface area contributed by atoms with E-state index in [0.717, 1.165) is 38.3 Å². The van der Waals surface area contributed by atoms with Gasteiger partial charge in [0.25, 0.3) is 0 Å². The van der Waals surface area contributed by atoms with E-state index in [1.54, 1.807) is 0 Å². The Labute approximate surface area is 130 Å². The van der Waals surface area contributed by atoms with Crippen molar-refractivity contribution in [2.45, 2.75) is 44.3 Å². The second kappa shape index (κ2) is 6.06. The van der Waals surface area contributed by atoms with Crippen molar-refractivity contribution in [3.05, 3.63) is 11.1 Å². The van der Waals surface area contributed by atoms with Crippen molar-refractivity contribution >= 4 is 22.4 Å². The smallest absolute Gasteiger partial charge is 0.357 e. The number of aromatic nitrogens is 1. The molecule has 1 aromatic rings. The molecule has 1 amide bonds. The monoisotopic (exact) mass is 333 g/mol. The van der Waals surface area contributed by atoms with Gasteiger partial charge in [-0.1, -0.05) is 24.2 Å². The van der Waals surface area contributed by atoms with Crippen LogP contribution in [0.3, 0.4) is 0 Å². The van der Waals surface area contributed by atoms with E-state index in [9.17, 15) is 18.0 Å². The molecule has 1 aromatic heterocycles. The molecule has 1 atom stereocenters. The number of halogens is 3. The predicted octanol–water partition coefficient (Wildman–Crippen LogP) is 3.36. The Balaban J connectivity index is 1.54. The third-order valence-corrected chi connectivity index (χ3v) is 5.29. The van der Waals surface area contributed by atoms with Crippen molar-refractivity contribution in [1.29, 1.82) is 0 Å². The summed E-state index contributed by atoms with van der Waals surface area (Å²) in [6.07, 6.45) is 1.42. The number of nitrogens with one attached hydrogen (secondary N) is 1. The van der Waals surface area contributed by atoms with Crippen molar-refractivity contribution in [3.8, 4) is 0 Å². The van der Waals surface area contributed by atoms with Gasteiger partial charge in [-0.25, -0.2) is 4.98 Å². The number of likely N-dealkylation sites (tertiary alicyclic amines) is 1. The van der Waals surface area contributed by atoms with Crippen LogP contribution in [0.15, 0.2) is 6.20 Å². The number of nitrogens with zero attached hydrogens (tertiary/aromatic N) is 2. The molecule has 122 valence electrons. The summed E-state index contributed by atoms with van der Waals surface area (Å²) >= 11 is 0.611. The summed E-state index contributed by atoms with van der Waals surface area (Å²) in [6.45, 7) is 1.22. The van der Waals surface area contributed by atoms with E-state index in [2.05, 4.69) is 10.3 Å². The molecule has 0 bridgehead atoms. The highest BCUT2D eigenvalue weighted by Gasteiger charge is 2.35. The fourth-order valence-corrected chi connectivity index (χ4v) is 3.92. The molecule has 0 spiro atoms. The maximum absolute atomic E-state index is 12.5. The fourth-order valence-electron chi connectivity index (χ4n) is 3.16. The standard InChI is InChI=1S/C14H18F3N3OS/c15-14(16,17)11-7-18-13(22-11)19-10-5-6-20(8-10)12(21)9-3-1-2-4-9/h7,9-10H,1-6,8H2,(H,18,19)/t10-/m1/s1. The SMILES string of the molecule is O=C(C1CCCC1)N1CC[C@@H](Nc2ncc(C(F)(F)F)s2)C1. The summed E-state index contributed by atoms with van der Waals surface area (Å²) in [5, 5.41) is 3.29. The number of thiazole rings is 1. The lowest BCUT2D eigenvalue weighted by atomic mass is 10.1. The minimum absolute atomic E-state index is 0.0161. The van der Waals surface area contributed by atoms with Gasteiger partial charge in [0.2, 0.25) is 5.91 Å². The van der Waals surface area contributed by atoms with Crippen LogP contribution in [-0.2, 0) is 11.0 Å². The van der Waals surface area contributed by atoms with E-state index < -0.39 is 11.1 Å². The highest BCUT2D eigenvalue weighted by Crippen LogP contribution is 2.35. The lowest BCUT2D eigenvalue weighted by Gasteiger charge is -2.20. The number of alkyl halides is 3. The first-order chi connectivity index (χ1) is 10.4. The molecule has 0 radical (unpaired) electrons. The van der Waals surface area contributed by atoms with Crippen LogP contribution < -0.4 is 5.32 Å². The topological polar surface area (TPSA) is 45.2 Å². The largest absolute Gasteiger partial charge is 0.427 e. The molecule has 1 saturated heterocycles. The second-order valence-corrected chi connectivity index (χ2v) is 6.95. The van der Waals surface area contributed by atoms with Crippen LogP contribution in [0.25, 0.3) is 0 Å². The first-order valence-electron chi connectivity index (χ1n) is 7.52. The molecule has 2 heterocycles. The Morgan fingerprint density at radius 3 is 2.68 bits per heavy atom. The molecule has 2 aliphatic rings. The Bertz CT molecular complexity index is 540. The summed E-state index contributed by atoms with van der Waals surface area (Å²) in [7, 11) is 0. The third-order valence-electron chi connectivity index (χ3n) is 4.32. The molecule has 1 aliphatic carbocycles. The van der Waals surface area contributed by atoms with Gasteiger partial charge in [0.1, 0.15) is 4.88 Å². The number of hydrogen-bond donors (Lipinski definition) is 1. The first-order valence-corrected chi connectivity index (χ1v) is 8.33. The van der Waals surface area contributed by atoms with Crippen LogP contribution in [0.5, 0.6) is 0 Å². The molecule has 2 fully saturated rings. The van der Waals surface area contributed by atoms with Crippen molar-refractivity contribution in [2.24, 2.45) is 5.92 Å². The van der Waals surface area contributed by atoms with Crippen molar-refractivity contribution in [3.63, 3.8) is 0 Å². The zero-order valence-corrected chi connectivity index (χ0v) is 12.8. The fraction of sp³-hybridized carbons (Fsp3) is 0.714. The minimum atomic E-state index is -4.35. The highest BCUT2D eigenvalue weighted by atomic mass is 32.1. The quantitative estimate of drug-likeness (QED) is 0.922. The summed E-state index contributed by atoms with van der Waals surface area (Å²) in [4.78, 5) is 17.2. The zero-order valence-electron chi connectivity index (χ0n) is 12.0. The van der Waals surface area contributed by atoms with Crippen LogP contribution in [0.2, 0.25) is 0 Å². The minimum Gasteiger partial charge on any atom is -0.357 e. The number of anilines is 1. The Morgan fingerprint density at radius 2 is 2.05 bits per heavy atom. The number of carbonyl (C=O) groups excluding carboxylic acids is 1. The molecule has 1 aliphatic heterocycles. The molecule has 3 rings (SSSR count). The molecular formula is C14H18F3N3OS. The van der Waals surface area contributed by atoms with E-state index in [-0.39, 0.29) is 23.0 Å². The lowest BCUT2D eigenvalue weighted by Crippen LogP contribution is -2.35. The molecular weight excluding hydrogens is 315 g/mol. The van der Waals surface area contributed by atoms with Gasteiger partial charge in [-0.2, -0.15) is 13.2 Å². The summed E-state index contributed by atoms with van der Waals surface area (Å²) in [5.41, 5.74) is 0.